The third kappa shape index (κ3) is 3.89. The van der Waals surface area contributed by atoms with Gasteiger partial charge in [-0.2, -0.15) is 0 Å². The van der Waals surface area contributed by atoms with Crippen LogP contribution in [0.15, 0.2) is 0 Å². The fourth-order valence-corrected chi connectivity index (χ4v) is 3.38. The quantitative estimate of drug-likeness (QED) is 0.775. The largest absolute Gasteiger partial charge is 0.304 e. The van der Waals surface area contributed by atoms with Crippen molar-refractivity contribution in [3.05, 3.63) is 0 Å². The predicted molar refractivity (Wildman–Crippen MR) is 78.3 cm³/mol. The molecule has 112 valence electrons. The van der Waals surface area contributed by atoms with Crippen LogP contribution >= 0.6 is 0 Å². The van der Waals surface area contributed by atoms with Crippen LogP contribution in [0.1, 0.15) is 33.6 Å². The van der Waals surface area contributed by atoms with Gasteiger partial charge in [-0.25, -0.2) is 4.39 Å². The zero-order valence-electron chi connectivity index (χ0n) is 13.0. The van der Waals surface area contributed by atoms with Gasteiger partial charge in [0.05, 0.1) is 0 Å². The Bertz CT molecular complexity index is 287. The molecular weight excluding hydrogens is 241 g/mol. The fourth-order valence-electron chi connectivity index (χ4n) is 3.38. The van der Waals surface area contributed by atoms with Crippen molar-refractivity contribution < 1.29 is 4.39 Å². The molecule has 19 heavy (non-hydrogen) atoms. The van der Waals surface area contributed by atoms with E-state index in [1.165, 1.54) is 0 Å². The molecule has 0 aliphatic carbocycles. The first-order chi connectivity index (χ1) is 8.89. The number of rotatable bonds is 3. The molecule has 0 aromatic heterocycles. The molecule has 1 unspecified atom stereocenters. The lowest BCUT2D eigenvalue weighted by atomic mass is 9.91. The van der Waals surface area contributed by atoms with E-state index >= 15 is 0 Å². The van der Waals surface area contributed by atoms with Crippen LogP contribution in [0, 0.1) is 0 Å². The minimum Gasteiger partial charge on any atom is -0.304 e. The molecule has 0 saturated carbocycles. The maximum atomic E-state index is 15.0. The van der Waals surface area contributed by atoms with Crippen molar-refractivity contribution in [3.63, 3.8) is 0 Å². The molecule has 0 aromatic carbocycles. The maximum Gasteiger partial charge on any atom is 0.126 e. The van der Waals surface area contributed by atoms with Gasteiger partial charge in [0.25, 0.3) is 0 Å². The van der Waals surface area contributed by atoms with E-state index in [2.05, 4.69) is 42.5 Å². The first-order valence-electron chi connectivity index (χ1n) is 7.75. The van der Waals surface area contributed by atoms with E-state index in [1.54, 1.807) is 0 Å². The number of halogens is 1. The Labute approximate surface area is 117 Å². The van der Waals surface area contributed by atoms with Crippen LogP contribution in [-0.2, 0) is 0 Å². The Kier molecular flexibility index (Phi) is 4.85. The summed E-state index contributed by atoms with van der Waals surface area (Å²) in [5.41, 5.74) is -0.963. The number of hydrogen-bond donors (Lipinski definition) is 0. The Hall–Kier alpha value is -0.190. The Morgan fingerprint density at radius 1 is 1.16 bits per heavy atom. The average molecular weight is 271 g/mol. The number of nitrogens with zero attached hydrogens (tertiary/aromatic N) is 3. The summed E-state index contributed by atoms with van der Waals surface area (Å²) in [6, 6.07) is 1.03. The SMILES string of the molecule is CC(C)N1CCC(F)(CN2CCN(C)CC2C)CC1. The summed E-state index contributed by atoms with van der Waals surface area (Å²) in [5.74, 6) is 0. The molecule has 2 fully saturated rings. The number of likely N-dealkylation sites (tertiary alicyclic amines) is 1. The van der Waals surface area contributed by atoms with Gasteiger partial charge in [0.2, 0.25) is 0 Å². The lowest BCUT2D eigenvalue weighted by Gasteiger charge is -2.44. The van der Waals surface area contributed by atoms with Crippen molar-refractivity contribution in [1.82, 2.24) is 14.7 Å². The third-order valence-electron chi connectivity index (χ3n) is 4.88. The average Bonchev–Trinajstić information content (AvgIpc) is 2.33. The van der Waals surface area contributed by atoms with Crippen LogP contribution in [0.5, 0.6) is 0 Å². The second-order valence-corrected chi connectivity index (χ2v) is 6.86. The van der Waals surface area contributed by atoms with Gasteiger partial charge in [-0.1, -0.05) is 0 Å². The van der Waals surface area contributed by atoms with Crippen molar-refractivity contribution >= 4 is 0 Å². The molecule has 0 aromatic rings. The molecule has 0 N–H and O–H groups in total. The minimum absolute atomic E-state index is 0.481. The van der Waals surface area contributed by atoms with E-state index in [4.69, 9.17) is 0 Å². The summed E-state index contributed by atoms with van der Waals surface area (Å²) in [6.07, 6.45) is 1.40. The van der Waals surface area contributed by atoms with Crippen LogP contribution in [-0.4, -0.2) is 78.8 Å². The molecule has 2 aliphatic heterocycles. The molecule has 0 spiro atoms. The standard InChI is InChI=1S/C15H30FN3/c1-13(2)18-7-5-15(16,6-8-18)12-19-10-9-17(4)11-14(19)3/h13-14H,5-12H2,1-4H3. The van der Waals surface area contributed by atoms with E-state index in [-0.39, 0.29) is 0 Å². The smallest absolute Gasteiger partial charge is 0.126 e. The summed E-state index contributed by atoms with van der Waals surface area (Å²) in [4.78, 5) is 7.09. The molecule has 4 heteroatoms. The summed E-state index contributed by atoms with van der Waals surface area (Å²) in [7, 11) is 2.15. The predicted octanol–water partition coefficient (Wildman–Crippen LogP) is 1.83. The molecule has 2 rings (SSSR count). The van der Waals surface area contributed by atoms with Gasteiger partial charge in [-0.3, -0.25) is 4.90 Å². The molecule has 2 saturated heterocycles. The zero-order valence-corrected chi connectivity index (χ0v) is 13.0. The van der Waals surface area contributed by atoms with Gasteiger partial charge in [0.15, 0.2) is 0 Å². The highest BCUT2D eigenvalue weighted by Gasteiger charge is 2.38. The Morgan fingerprint density at radius 2 is 1.79 bits per heavy atom. The van der Waals surface area contributed by atoms with Gasteiger partial charge in [0.1, 0.15) is 5.67 Å². The maximum absolute atomic E-state index is 15.0. The molecule has 0 bridgehead atoms. The lowest BCUT2D eigenvalue weighted by Crippen LogP contribution is -2.56. The second-order valence-electron chi connectivity index (χ2n) is 6.86. The summed E-state index contributed by atoms with van der Waals surface area (Å²) < 4.78 is 15.0. The number of alkyl halides is 1. The number of piperazine rings is 1. The van der Waals surface area contributed by atoms with E-state index in [0.717, 1.165) is 32.7 Å². The summed E-state index contributed by atoms with van der Waals surface area (Å²) in [5, 5.41) is 0. The summed E-state index contributed by atoms with van der Waals surface area (Å²) in [6.45, 7) is 12.2. The van der Waals surface area contributed by atoms with E-state index in [9.17, 15) is 4.39 Å². The van der Waals surface area contributed by atoms with E-state index < -0.39 is 5.67 Å². The molecule has 1 atom stereocenters. The molecule has 3 nitrogen and oxygen atoms in total. The monoisotopic (exact) mass is 271 g/mol. The number of piperidine rings is 1. The highest BCUT2D eigenvalue weighted by molar-refractivity contribution is 4.92. The Balaban J connectivity index is 1.85. The lowest BCUT2D eigenvalue weighted by molar-refractivity contribution is -0.0103. The third-order valence-corrected chi connectivity index (χ3v) is 4.88. The van der Waals surface area contributed by atoms with Crippen molar-refractivity contribution in [2.45, 2.75) is 51.4 Å². The van der Waals surface area contributed by atoms with Crippen LogP contribution in [0.25, 0.3) is 0 Å². The van der Waals surface area contributed by atoms with Crippen LogP contribution in [0.4, 0.5) is 4.39 Å². The van der Waals surface area contributed by atoms with Crippen molar-refractivity contribution in [2.24, 2.45) is 0 Å². The number of likely N-dealkylation sites (N-methyl/N-ethyl adjacent to an activating group) is 1. The van der Waals surface area contributed by atoms with Crippen molar-refractivity contribution in [1.29, 1.82) is 0 Å². The van der Waals surface area contributed by atoms with Crippen molar-refractivity contribution in [3.8, 4) is 0 Å². The van der Waals surface area contributed by atoms with Crippen LogP contribution in [0.2, 0.25) is 0 Å². The van der Waals surface area contributed by atoms with Gasteiger partial charge in [-0.05, 0) is 40.7 Å². The highest BCUT2D eigenvalue weighted by Crippen LogP contribution is 2.29. The van der Waals surface area contributed by atoms with E-state index in [0.29, 0.717) is 31.5 Å². The van der Waals surface area contributed by atoms with Gasteiger partial charge in [0, 0.05) is 51.4 Å². The van der Waals surface area contributed by atoms with Crippen LogP contribution < -0.4 is 0 Å². The zero-order chi connectivity index (χ0) is 14.0. The normalized spacial score (nSPS) is 30.9. The molecule has 2 aliphatic rings. The van der Waals surface area contributed by atoms with Gasteiger partial charge >= 0.3 is 0 Å². The topological polar surface area (TPSA) is 9.72 Å². The Morgan fingerprint density at radius 3 is 2.32 bits per heavy atom. The molecule has 0 amide bonds. The van der Waals surface area contributed by atoms with E-state index in [1.807, 2.05) is 0 Å². The fraction of sp³-hybridized carbons (Fsp3) is 1.00. The second kappa shape index (κ2) is 6.06. The molecular formula is C15H30FN3. The summed E-state index contributed by atoms with van der Waals surface area (Å²) >= 11 is 0. The number of hydrogen-bond acceptors (Lipinski definition) is 3. The first kappa shape index (κ1) is 15.2. The first-order valence-corrected chi connectivity index (χ1v) is 7.75. The van der Waals surface area contributed by atoms with Crippen LogP contribution in [0.3, 0.4) is 0 Å². The van der Waals surface area contributed by atoms with Gasteiger partial charge in [-0.15, -0.1) is 0 Å². The van der Waals surface area contributed by atoms with Gasteiger partial charge < -0.3 is 9.80 Å². The highest BCUT2D eigenvalue weighted by atomic mass is 19.1. The molecule has 2 heterocycles. The van der Waals surface area contributed by atoms with Crippen molar-refractivity contribution in [2.75, 3.05) is 46.3 Å². The molecule has 0 radical (unpaired) electrons. The minimum atomic E-state index is -0.963.